The number of halogens is 1. The van der Waals surface area contributed by atoms with Gasteiger partial charge in [-0.25, -0.2) is 9.82 Å². The summed E-state index contributed by atoms with van der Waals surface area (Å²) >= 11 is 0. The van der Waals surface area contributed by atoms with Crippen molar-refractivity contribution in [3.05, 3.63) is 77.1 Å². The van der Waals surface area contributed by atoms with E-state index in [1.165, 1.54) is 6.07 Å². The minimum atomic E-state index is -0.440. The van der Waals surface area contributed by atoms with E-state index < -0.39 is 5.41 Å². The molecule has 2 heterocycles. The highest BCUT2D eigenvalue weighted by Crippen LogP contribution is 2.42. The monoisotopic (exact) mass is 643 g/mol. The lowest BCUT2D eigenvalue weighted by Crippen LogP contribution is -2.47. The first-order valence-corrected chi connectivity index (χ1v) is 16.5. The lowest BCUT2D eigenvalue weighted by Gasteiger charge is -2.27. The number of phenolic OH excluding ortho intramolecular Hbond substituents is 1. The van der Waals surface area contributed by atoms with Gasteiger partial charge in [0, 0.05) is 49.5 Å². The molecule has 0 bridgehead atoms. The molecular formula is C38H46FN3O5. The molecule has 250 valence electrons. The summed E-state index contributed by atoms with van der Waals surface area (Å²) in [6.45, 7) is 9.34. The lowest BCUT2D eigenvalue weighted by atomic mass is 9.83. The lowest BCUT2D eigenvalue weighted by molar-refractivity contribution is -0.135. The predicted molar refractivity (Wildman–Crippen MR) is 182 cm³/mol. The van der Waals surface area contributed by atoms with Crippen LogP contribution in [0.2, 0.25) is 0 Å². The molecule has 0 atom stereocenters. The van der Waals surface area contributed by atoms with Crippen molar-refractivity contribution in [1.82, 2.24) is 15.0 Å². The molecule has 1 aliphatic rings. The molecule has 5 rings (SSSR count). The number of aromatic nitrogens is 1. The minimum Gasteiger partial charge on any atom is -0.508 e. The largest absolute Gasteiger partial charge is 0.508 e. The summed E-state index contributed by atoms with van der Waals surface area (Å²) in [4.78, 5) is 23.9. The molecule has 4 aromatic rings. The van der Waals surface area contributed by atoms with Crippen LogP contribution in [0.3, 0.4) is 0 Å². The topological polar surface area (TPSA) is 93.0 Å². The normalized spacial score (nSPS) is 13.7. The van der Waals surface area contributed by atoms with Crippen LogP contribution in [0.25, 0.3) is 33.3 Å². The average Bonchev–Trinajstić information content (AvgIpc) is 3.38. The number of hydrogen-bond acceptors (Lipinski definition) is 6. The van der Waals surface area contributed by atoms with E-state index in [4.69, 9.17) is 9.47 Å². The predicted octanol–water partition coefficient (Wildman–Crippen LogP) is 6.83. The molecule has 0 spiro atoms. The zero-order valence-corrected chi connectivity index (χ0v) is 27.9. The van der Waals surface area contributed by atoms with Gasteiger partial charge in [-0.15, -0.1) is 0 Å². The Bertz CT molecular complexity index is 1720. The Hall–Kier alpha value is -4.21. The molecule has 1 amide bonds. The van der Waals surface area contributed by atoms with Crippen LogP contribution in [0.1, 0.15) is 56.7 Å². The third kappa shape index (κ3) is 7.85. The minimum absolute atomic E-state index is 0.0205. The fourth-order valence-corrected chi connectivity index (χ4v) is 6.72. The van der Waals surface area contributed by atoms with Crippen molar-refractivity contribution in [2.75, 3.05) is 33.4 Å². The number of benzene rings is 3. The molecule has 47 heavy (non-hydrogen) atoms. The van der Waals surface area contributed by atoms with Crippen LogP contribution in [0.5, 0.6) is 5.75 Å². The third-order valence-corrected chi connectivity index (χ3v) is 8.93. The second-order valence-electron chi connectivity index (χ2n) is 13.1. The summed E-state index contributed by atoms with van der Waals surface area (Å²) in [7, 11) is 1.68. The van der Waals surface area contributed by atoms with Crippen molar-refractivity contribution in [3.63, 3.8) is 0 Å². The average molecular weight is 644 g/mol. The summed E-state index contributed by atoms with van der Waals surface area (Å²) < 4.78 is 29.1. The SMILES string of the molecule is CCn1c(-c2ccccc2CCOC)c(CC(C)(C)COC=O)c2cc(-c3cc(O)cc(CCC(=O)N4CCCCN4)c3)cc(F)c21. The highest BCUT2D eigenvalue weighted by molar-refractivity contribution is 5.96. The molecule has 1 saturated heterocycles. The number of amides is 1. The van der Waals surface area contributed by atoms with Crippen molar-refractivity contribution in [2.45, 2.75) is 65.8 Å². The van der Waals surface area contributed by atoms with E-state index in [9.17, 15) is 14.7 Å². The van der Waals surface area contributed by atoms with Crippen molar-refractivity contribution in [2.24, 2.45) is 5.41 Å². The van der Waals surface area contributed by atoms with Gasteiger partial charge >= 0.3 is 0 Å². The van der Waals surface area contributed by atoms with E-state index in [0.717, 1.165) is 52.7 Å². The van der Waals surface area contributed by atoms with E-state index in [-0.39, 0.29) is 24.1 Å². The fraction of sp³-hybridized carbons (Fsp3) is 0.421. The van der Waals surface area contributed by atoms with Crippen LogP contribution in [0.4, 0.5) is 4.39 Å². The number of carbonyl (C=O) groups excluding carboxylic acids is 2. The molecule has 1 aromatic heterocycles. The number of hydrogen-bond donors (Lipinski definition) is 2. The van der Waals surface area contributed by atoms with Gasteiger partial charge in [0.2, 0.25) is 5.91 Å². The summed E-state index contributed by atoms with van der Waals surface area (Å²) in [6, 6.07) is 16.9. The molecule has 1 aliphatic heterocycles. The second kappa shape index (κ2) is 15.1. The summed E-state index contributed by atoms with van der Waals surface area (Å²) in [6.07, 6.45) is 4.01. The van der Waals surface area contributed by atoms with Gasteiger partial charge in [0.25, 0.3) is 6.47 Å². The van der Waals surface area contributed by atoms with Gasteiger partial charge < -0.3 is 19.1 Å². The van der Waals surface area contributed by atoms with Crippen molar-refractivity contribution < 1.29 is 28.6 Å². The Morgan fingerprint density at radius 1 is 1.09 bits per heavy atom. The number of aromatic hydroxyl groups is 1. The van der Waals surface area contributed by atoms with Crippen molar-refractivity contribution in [1.29, 1.82) is 0 Å². The number of hydrazine groups is 1. The number of methoxy groups -OCH3 is 1. The number of fused-ring (bicyclic) bond motifs is 1. The van der Waals surface area contributed by atoms with Crippen LogP contribution in [0, 0.1) is 11.2 Å². The zero-order chi connectivity index (χ0) is 33.6. The molecule has 9 heteroatoms. The Kier molecular flexibility index (Phi) is 11.0. The second-order valence-corrected chi connectivity index (χ2v) is 13.1. The smallest absolute Gasteiger partial charge is 0.293 e. The number of rotatable bonds is 14. The highest BCUT2D eigenvalue weighted by Gasteiger charge is 2.29. The number of ether oxygens (including phenoxy) is 2. The van der Waals surface area contributed by atoms with Crippen molar-refractivity contribution >= 4 is 23.3 Å². The van der Waals surface area contributed by atoms with Crippen molar-refractivity contribution in [3.8, 4) is 28.1 Å². The van der Waals surface area contributed by atoms with E-state index in [1.54, 1.807) is 24.3 Å². The van der Waals surface area contributed by atoms with Gasteiger partial charge in [-0.3, -0.25) is 14.6 Å². The van der Waals surface area contributed by atoms with Gasteiger partial charge in [-0.05, 0) is 91.1 Å². The molecular weight excluding hydrogens is 597 g/mol. The number of phenols is 1. The van der Waals surface area contributed by atoms with E-state index in [1.807, 2.05) is 49.6 Å². The maximum Gasteiger partial charge on any atom is 0.293 e. The number of nitrogens with one attached hydrogen (secondary N) is 1. The van der Waals surface area contributed by atoms with E-state index in [0.29, 0.717) is 68.5 Å². The summed E-state index contributed by atoms with van der Waals surface area (Å²) in [5, 5.41) is 13.2. The molecule has 1 fully saturated rings. The molecule has 2 N–H and O–H groups in total. The van der Waals surface area contributed by atoms with Crippen LogP contribution in [-0.2, 0) is 44.9 Å². The molecule has 0 aliphatic carbocycles. The Balaban J connectivity index is 1.62. The maximum absolute atomic E-state index is 16.5. The molecule has 8 nitrogen and oxygen atoms in total. The van der Waals surface area contributed by atoms with Crippen LogP contribution < -0.4 is 5.43 Å². The van der Waals surface area contributed by atoms with Gasteiger partial charge in [-0.2, -0.15) is 0 Å². The van der Waals surface area contributed by atoms with E-state index >= 15 is 4.39 Å². The van der Waals surface area contributed by atoms with Gasteiger partial charge in [0.15, 0.2) is 0 Å². The van der Waals surface area contributed by atoms with Crippen LogP contribution in [-0.4, -0.2) is 60.5 Å². The third-order valence-electron chi connectivity index (χ3n) is 8.93. The molecule has 0 radical (unpaired) electrons. The number of aryl methyl sites for hydroxylation is 2. The summed E-state index contributed by atoms with van der Waals surface area (Å²) in [5.41, 5.74) is 9.34. The first-order valence-electron chi connectivity index (χ1n) is 16.5. The molecule has 0 saturated carbocycles. The molecule has 0 unspecified atom stereocenters. The van der Waals surface area contributed by atoms with Gasteiger partial charge in [0.05, 0.1) is 24.4 Å². The Morgan fingerprint density at radius 3 is 2.60 bits per heavy atom. The summed E-state index contributed by atoms with van der Waals surface area (Å²) in [5.74, 6) is -0.278. The maximum atomic E-state index is 16.5. The van der Waals surface area contributed by atoms with Crippen LogP contribution >= 0.6 is 0 Å². The van der Waals surface area contributed by atoms with E-state index in [2.05, 4.69) is 17.6 Å². The Labute approximate surface area is 276 Å². The van der Waals surface area contributed by atoms with Gasteiger partial charge in [-0.1, -0.05) is 44.2 Å². The van der Waals surface area contributed by atoms with Gasteiger partial charge in [0.1, 0.15) is 11.6 Å². The van der Waals surface area contributed by atoms with Crippen LogP contribution in [0.15, 0.2) is 54.6 Å². The first-order chi connectivity index (χ1) is 22.7. The first kappa shape index (κ1) is 34.1. The standard InChI is InChI=1S/C38H46FN3O5/c1-5-41-36(31-11-7-6-10-27(31)14-17-46-4)33(23-38(2,3)24-47-25-43)32-21-29(22-34(39)37(32)41)28-18-26(19-30(44)20-28)12-13-35(45)42-16-9-8-15-40-42/h6-7,10-11,18-22,25,40,44H,5,8-9,12-17,23-24H2,1-4H3. The number of carbonyl (C=O) groups is 2. The fourth-order valence-electron chi connectivity index (χ4n) is 6.72. The Morgan fingerprint density at radius 2 is 1.87 bits per heavy atom. The quantitative estimate of drug-likeness (QED) is 0.146. The number of nitrogens with zero attached hydrogens (tertiary/aromatic N) is 2. The highest BCUT2D eigenvalue weighted by atomic mass is 19.1. The molecule has 3 aromatic carbocycles. The zero-order valence-electron chi connectivity index (χ0n) is 27.9.